The molecule has 54 valence electrons. The quantitative estimate of drug-likeness (QED) is 0.686. The molecule has 0 atom stereocenters. The van der Waals surface area contributed by atoms with Crippen molar-refractivity contribution in [3.8, 4) is 0 Å². The molecule has 0 fully saturated rings. The van der Waals surface area contributed by atoms with Gasteiger partial charge in [0.1, 0.15) is 0 Å². The van der Waals surface area contributed by atoms with Crippen molar-refractivity contribution in [1.29, 1.82) is 0 Å². The molecule has 10 heavy (non-hydrogen) atoms. The van der Waals surface area contributed by atoms with Crippen molar-refractivity contribution in [2.75, 3.05) is 0 Å². The molecule has 1 N–H and O–H groups in total. The third-order valence-corrected chi connectivity index (χ3v) is 5.60. The zero-order chi connectivity index (χ0) is 6.69. The molecule has 0 saturated carbocycles. The average molecular weight is 243 g/mol. The average Bonchev–Trinajstić information content (AvgIpc) is 1.90. The van der Waals surface area contributed by atoms with Gasteiger partial charge >= 0.3 is 63.6 Å². The zero-order valence-corrected chi connectivity index (χ0v) is 9.19. The Hall–Kier alpha value is -0.0213. The van der Waals surface area contributed by atoms with Gasteiger partial charge in [0.05, 0.1) is 0 Å². The summed E-state index contributed by atoms with van der Waals surface area (Å²) in [7, 11) is 0. The summed E-state index contributed by atoms with van der Waals surface area (Å²) in [5.74, 6) is 0. The van der Waals surface area contributed by atoms with Gasteiger partial charge < -0.3 is 5.48 Å². The van der Waals surface area contributed by atoms with Crippen LogP contribution in [-0.4, -0.2) is 25.2 Å². The molecular formula is C8H12OSn. The molecule has 1 aromatic carbocycles. The predicted octanol–water partition coefficient (Wildman–Crippen LogP) is 1.47. The molecule has 0 bridgehead atoms. The molecule has 0 unspecified atom stereocenters. The molecule has 1 nitrogen and oxygen atoms in total. The first-order valence-corrected chi connectivity index (χ1v) is 10.3. The van der Waals surface area contributed by atoms with E-state index in [0.717, 1.165) is 0 Å². The Kier molecular flexibility index (Phi) is 4.73. The number of hydrogen-bond donors (Lipinski definition) is 0. The second-order valence-corrected chi connectivity index (χ2v) is 9.72. The maximum atomic E-state index is 2.40. The van der Waals surface area contributed by atoms with Gasteiger partial charge in [0.15, 0.2) is 0 Å². The van der Waals surface area contributed by atoms with Crippen LogP contribution in [0.15, 0.2) is 30.3 Å². The molecule has 0 heterocycles. The van der Waals surface area contributed by atoms with Gasteiger partial charge in [-0.2, -0.15) is 0 Å². The van der Waals surface area contributed by atoms with Gasteiger partial charge in [0.2, 0.25) is 0 Å². The van der Waals surface area contributed by atoms with E-state index < -0.39 is 19.8 Å². The van der Waals surface area contributed by atoms with Crippen molar-refractivity contribution in [3.05, 3.63) is 30.3 Å². The molecule has 0 amide bonds. The van der Waals surface area contributed by atoms with Gasteiger partial charge in [0, 0.05) is 0 Å². The molecule has 0 saturated heterocycles. The second-order valence-electron chi connectivity index (χ2n) is 2.37. The Morgan fingerprint density at radius 1 is 1.00 bits per heavy atom. The van der Waals surface area contributed by atoms with Gasteiger partial charge in [-0.15, -0.1) is 0 Å². The van der Waals surface area contributed by atoms with E-state index in [1.807, 2.05) is 0 Å². The van der Waals surface area contributed by atoms with Gasteiger partial charge in [-0.3, -0.25) is 0 Å². The minimum absolute atomic E-state index is 0. The number of benzene rings is 1. The van der Waals surface area contributed by atoms with Crippen LogP contribution in [0.3, 0.4) is 0 Å². The van der Waals surface area contributed by atoms with Crippen LogP contribution in [0, 0.1) is 0 Å². The summed E-state index contributed by atoms with van der Waals surface area (Å²) in [5, 5.41) is 0. The van der Waals surface area contributed by atoms with Crippen molar-refractivity contribution >= 4 is 23.3 Å². The Labute approximate surface area is 69.1 Å². The molecule has 0 spiro atoms. The molecule has 0 aliphatic carbocycles. The summed E-state index contributed by atoms with van der Waals surface area (Å²) in [6.45, 7) is 0. The van der Waals surface area contributed by atoms with Gasteiger partial charge in [-0.25, -0.2) is 0 Å². The van der Waals surface area contributed by atoms with Crippen LogP contribution in [0.5, 0.6) is 0 Å². The third-order valence-electron chi connectivity index (χ3n) is 1.35. The van der Waals surface area contributed by atoms with E-state index in [0.29, 0.717) is 0 Å². The summed E-state index contributed by atoms with van der Waals surface area (Å²) in [5.41, 5.74) is 0. The van der Waals surface area contributed by atoms with Crippen molar-refractivity contribution in [2.45, 2.75) is 9.88 Å². The minimum atomic E-state index is -1.02. The van der Waals surface area contributed by atoms with Crippen LogP contribution >= 0.6 is 0 Å². The Bertz CT molecular complexity index is 172. The molecule has 1 aromatic rings. The second kappa shape index (κ2) is 4.74. The van der Waals surface area contributed by atoms with Crippen molar-refractivity contribution < 1.29 is 5.48 Å². The van der Waals surface area contributed by atoms with E-state index in [2.05, 4.69) is 40.2 Å². The molecule has 0 aliphatic heterocycles. The van der Waals surface area contributed by atoms with Gasteiger partial charge in [-0.05, 0) is 0 Å². The van der Waals surface area contributed by atoms with Crippen molar-refractivity contribution in [3.63, 3.8) is 0 Å². The van der Waals surface area contributed by atoms with E-state index in [4.69, 9.17) is 0 Å². The first kappa shape index (κ1) is 9.98. The Morgan fingerprint density at radius 3 is 1.80 bits per heavy atom. The molecular weight excluding hydrogens is 231 g/mol. The SMILES string of the molecule is [CH3][Sn+]([CH3])[c]1ccccc1.[OH-]. The van der Waals surface area contributed by atoms with Crippen LogP contribution < -0.4 is 3.58 Å². The standard InChI is InChI=1S/C6H5.2CH3.H2O.Sn/c1-2-4-6-5-3-1;;;;/h1-5H;2*1H3;1H2;/q;;;;+1/p-1. The van der Waals surface area contributed by atoms with Gasteiger partial charge in [0.25, 0.3) is 0 Å². The largest absolute Gasteiger partial charge is 0.870 e. The van der Waals surface area contributed by atoms with Crippen LogP contribution in [0.25, 0.3) is 0 Å². The molecule has 0 aliphatic rings. The monoisotopic (exact) mass is 244 g/mol. The van der Waals surface area contributed by atoms with Gasteiger partial charge in [-0.1, -0.05) is 0 Å². The van der Waals surface area contributed by atoms with Crippen molar-refractivity contribution in [1.82, 2.24) is 0 Å². The van der Waals surface area contributed by atoms with Crippen LogP contribution in [0.4, 0.5) is 0 Å². The fourth-order valence-electron chi connectivity index (χ4n) is 0.771. The van der Waals surface area contributed by atoms with E-state index in [1.54, 1.807) is 3.58 Å². The normalized spacial score (nSPS) is 8.20. The number of hydrogen-bond acceptors (Lipinski definition) is 1. The van der Waals surface area contributed by atoms with Crippen LogP contribution in [-0.2, 0) is 0 Å². The van der Waals surface area contributed by atoms with Crippen LogP contribution in [0.2, 0.25) is 9.88 Å². The maximum absolute atomic E-state index is 2.40. The Balaban J connectivity index is 0.000000810. The summed E-state index contributed by atoms with van der Waals surface area (Å²) in [6.07, 6.45) is 0. The third kappa shape index (κ3) is 2.71. The van der Waals surface area contributed by atoms with E-state index in [9.17, 15) is 0 Å². The predicted molar refractivity (Wildman–Crippen MR) is 45.5 cm³/mol. The molecule has 0 radical (unpaired) electrons. The van der Waals surface area contributed by atoms with E-state index in [-0.39, 0.29) is 5.48 Å². The summed E-state index contributed by atoms with van der Waals surface area (Å²) >= 11 is -1.02. The topological polar surface area (TPSA) is 30.0 Å². The first-order valence-electron chi connectivity index (χ1n) is 3.16. The summed E-state index contributed by atoms with van der Waals surface area (Å²) in [6, 6.07) is 10.8. The minimum Gasteiger partial charge on any atom is -0.870 e. The van der Waals surface area contributed by atoms with Crippen molar-refractivity contribution in [2.24, 2.45) is 0 Å². The van der Waals surface area contributed by atoms with E-state index in [1.165, 1.54) is 0 Å². The molecule has 0 aromatic heterocycles. The Morgan fingerprint density at radius 2 is 1.50 bits per heavy atom. The smallest absolute Gasteiger partial charge is 0.870 e. The summed E-state index contributed by atoms with van der Waals surface area (Å²) in [4.78, 5) is 4.80. The molecule has 1 rings (SSSR count). The van der Waals surface area contributed by atoms with E-state index >= 15 is 0 Å². The fourth-order valence-corrected chi connectivity index (χ4v) is 3.22. The zero-order valence-electron chi connectivity index (χ0n) is 6.33. The molecule has 2 heteroatoms. The summed E-state index contributed by atoms with van der Waals surface area (Å²) < 4.78 is 1.61. The maximum Gasteiger partial charge on any atom is -0.870 e. The van der Waals surface area contributed by atoms with Crippen LogP contribution in [0.1, 0.15) is 0 Å². The fraction of sp³-hybridized carbons (Fsp3) is 0.250. The first-order chi connectivity index (χ1) is 4.30. The number of rotatable bonds is 1.